The van der Waals surface area contributed by atoms with Crippen LogP contribution in [0.25, 0.3) is 0 Å². The average molecular weight is 433 g/mol. The second-order valence-electron chi connectivity index (χ2n) is 9.01. The number of halogens is 2. The number of rotatable bonds is 6. The highest BCUT2D eigenvalue weighted by Crippen LogP contribution is 2.35. The maximum Gasteiger partial charge on any atom is 0.254 e. The van der Waals surface area contributed by atoms with Crippen LogP contribution in [0, 0.1) is 0 Å². The van der Waals surface area contributed by atoms with Crippen molar-refractivity contribution in [3.63, 3.8) is 0 Å². The zero-order chi connectivity index (χ0) is 23.0. The lowest BCUT2D eigenvalue weighted by Crippen LogP contribution is -2.43. The minimum atomic E-state index is -1.69. The first kappa shape index (κ1) is 22.9. The van der Waals surface area contributed by atoms with Crippen molar-refractivity contribution in [2.45, 2.75) is 57.9 Å². The van der Waals surface area contributed by atoms with E-state index in [2.05, 4.69) is 15.3 Å². The number of amides is 1. The third-order valence-electron chi connectivity index (χ3n) is 5.35. The van der Waals surface area contributed by atoms with E-state index in [0.717, 1.165) is 19.4 Å². The Bertz CT molecular complexity index is 935. The first-order valence-electron chi connectivity index (χ1n) is 10.3. The Morgan fingerprint density at radius 2 is 1.77 bits per heavy atom. The maximum atomic E-state index is 14.7. The van der Waals surface area contributed by atoms with Gasteiger partial charge in [-0.05, 0) is 69.9 Å². The van der Waals surface area contributed by atoms with E-state index in [1.165, 1.54) is 40.0 Å². The number of hydrogen-bond donors (Lipinski definition) is 3. The molecule has 0 unspecified atom stereocenters. The van der Waals surface area contributed by atoms with Crippen LogP contribution in [0.15, 0.2) is 24.4 Å². The standard InChI is InChI=1S/C22H30F2N6O/c1-21(2,23)13-8-14(22(3,4)24)10-16(9-13)28-19-17(18(26)31)11-27-20(29-19)30-7-5-6-15(25)12-30/h8-11,15H,5-7,12,25H2,1-4H3,(H2,26,31)(H,27,28,29)/t15-/m0/s1. The first-order chi connectivity index (χ1) is 14.3. The monoisotopic (exact) mass is 432 g/mol. The van der Waals surface area contributed by atoms with E-state index in [1.54, 1.807) is 12.1 Å². The van der Waals surface area contributed by atoms with Gasteiger partial charge in [-0.25, -0.2) is 13.8 Å². The van der Waals surface area contributed by atoms with Crippen LogP contribution in [-0.2, 0) is 11.3 Å². The van der Waals surface area contributed by atoms with Gasteiger partial charge in [0.05, 0.1) is 0 Å². The Morgan fingerprint density at radius 3 is 2.29 bits per heavy atom. The summed E-state index contributed by atoms with van der Waals surface area (Å²) in [5, 5.41) is 3.03. The van der Waals surface area contributed by atoms with E-state index >= 15 is 0 Å². The summed E-state index contributed by atoms with van der Waals surface area (Å²) in [5.74, 6) is -0.124. The molecule has 1 saturated heterocycles. The lowest BCUT2D eigenvalue weighted by atomic mass is 9.92. The zero-order valence-electron chi connectivity index (χ0n) is 18.4. The molecule has 1 fully saturated rings. The minimum Gasteiger partial charge on any atom is -0.365 e. The summed E-state index contributed by atoms with van der Waals surface area (Å²) in [6.07, 6.45) is 3.19. The van der Waals surface area contributed by atoms with Gasteiger partial charge < -0.3 is 21.7 Å². The van der Waals surface area contributed by atoms with E-state index in [-0.39, 0.29) is 17.4 Å². The molecule has 2 heterocycles. The molecule has 1 aliphatic heterocycles. The number of nitrogens with one attached hydrogen (secondary N) is 1. The molecule has 168 valence electrons. The molecule has 1 aromatic carbocycles. The first-order valence-corrected chi connectivity index (χ1v) is 10.3. The number of alkyl halides is 2. The summed E-state index contributed by atoms with van der Waals surface area (Å²) in [6.45, 7) is 6.95. The van der Waals surface area contributed by atoms with Gasteiger partial charge in [-0.2, -0.15) is 4.98 Å². The number of carbonyl (C=O) groups excluding carboxylic acids is 1. The lowest BCUT2D eigenvalue weighted by Gasteiger charge is -2.31. The normalized spacial score (nSPS) is 17.5. The number of benzene rings is 1. The molecular formula is C22H30F2N6O. The van der Waals surface area contributed by atoms with Gasteiger partial charge in [0.2, 0.25) is 5.95 Å². The molecule has 7 nitrogen and oxygen atoms in total. The Kier molecular flexibility index (Phi) is 6.18. The van der Waals surface area contributed by atoms with Gasteiger partial charge in [-0.15, -0.1) is 0 Å². The Labute approximate surface area is 181 Å². The summed E-state index contributed by atoms with van der Waals surface area (Å²) in [5.41, 5.74) is 9.26. The number of piperidine rings is 1. The molecule has 1 aromatic heterocycles. The second-order valence-corrected chi connectivity index (χ2v) is 9.01. The number of nitrogens with zero attached hydrogens (tertiary/aromatic N) is 3. The van der Waals surface area contributed by atoms with Crippen molar-refractivity contribution >= 4 is 23.4 Å². The molecule has 0 spiro atoms. The number of primary amides is 1. The highest BCUT2D eigenvalue weighted by atomic mass is 19.1. The molecule has 0 radical (unpaired) electrons. The topological polar surface area (TPSA) is 110 Å². The molecule has 5 N–H and O–H groups in total. The average Bonchev–Trinajstić information content (AvgIpc) is 2.66. The predicted octanol–water partition coefficient (Wildman–Crippen LogP) is 3.66. The van der Waals surface area contributed by atoms with Gasteiger partial charge in [-0.1, -0.05) is 0 Å². The van der Waals surface area contributed by atoms with E-state index < -0.39 is 17.2 Å². The van der Waals surface area contributed by atoms with Crippen molar-refractivity contribution in [3.8, 4) is 0 Å². The number of hydrogen-bond acceptors (Lipinski definition) is 6. The fourth-order valence-electron chi connectivity index (χ4n) is 3.52. The van der Waals surface area contributed by atoms with Crippen molar-refractivity contribution in [3.05, 3.63) is 41.1 Å². The van der Waals surface area contributed by atoms with Gasteiger partial charge >= 0.3 is 0 Å². The molecule has 0 aliphatic carbocycles. The summed E-state index contributed by atoms with van der Waals surface area (Å²) >= 11 is 0. The predicted molar refractivity (Wildman–Crippen MR) is 118 cm³/mol. The van der Waals surface area contributed by atoms with Gasteiger partial charge in [-0.3, -0.25) is 4.79 Å². The van der Waals surface area contributed by atoms with Gasteiger partial charge in [0.1, 0.15) is 22.7 Å². The van der Waals surface area contributed by atoms with E-state index in [9.17, 15) is 13.6 Å². The second kappa shape index (κ2) is 8.37. The zero-order valence-corrected chi connectivity index (χ0v) is 18.4. The van der Waals surface area contributed by atoms with Crippen LogP contribution >= 0.6 is 0 Å². The van der Waals surface area contributed by atoms with Crippen molar-refractivity contribution in [2.75, 3.05) is 23.3 Å². The van der Waals surface area contributed by atoms with Crippen LogP contribution in [0.3, 0.4) is 0 Å². The quantitative estimate of drug-likeness (QED) is 0.643. The van der Waals surface area contributed by atoms with E-state index in [0.29, 0.717) is 29.3 Å². The number of carbonyl (C=O) groups is 1. The summed E-state index contributed by atoms with van der Waals surface area (Å²) < 4.78 is 29.4. The molecule has 0 bridgehead atoms. The summed E-state index contributed by atoms with van der Waals surface area (Å²) in [7, 11) is 0. The van der Waals surface area contributed by atoms with E-state index in [1.807, 2.05) is 4.90 Å². The summed E-state index contributed by atoms with van der Waals surface area (Å²) in [6, 6.07) is 4.65. The number of anilines is 3. The highest BCUT2D eigenvalue weighted by molar-refractivity contribution is 5.98. The fraction of sp³-hybridized carbons (Fsp3) is 0.500. The molecule has 2 aromatic rings. The third kappa shape index (κ3) is 5.46. The SMILES string of the molecule is CC(C)(F)c1cc(Nc2nc(N3CCC[C@H](N)C3)ncc2C(N)=O)cc(C(C)(C)F)c1. The molecule has 3 rings (SSSR count). The van der Waals surface area contributed by atoms with Crippen LogP contribution in [0.1, 0.15) is 62.0 Å². The Hall–Kier alpha value is -2.81. The fourth-order valence-corrected chi connectivity index (χ4v) is 3.52. The third-order valence-corrected chi connectivity index (χ3v) is 5.35. The minimum absolute atomic E-state index is 0.0161. The Balaban J connectivity index is 2.04. The molecule has 9 heteroatoms. The van der Waals surface area contributed by atoms with Crippen molar-refractivity contribution in [2.24, 2.45) is 11.5 Å². The Morgan fingerprint density at radius 1 is 1.16 bits per heavy atom. The van der Waals surface area contributed by atoms with Gasteiger partial charge in [0, 0.05) is 31.0 Å². The molecule has 1 atom stereocenters. The maximum absolute atomic E-state index is 14.7. The van der Waals surface area contributed by atoms with Crippen molar-refractivity contribution in [1.82, 2.24) is 9.97 Å². The van der Waals surface area contributed by atoms with Gasteiger partial charge in [0.25, 0.3) is 5.91 Å². The smallest absolute Gasteiger partial charge is 0.254 e. The summed E-state index contributed by atoms with van der Waals surface area (Å²) in [4.78, 5) is 22.7. The number of aromatic nitrogens is 2. The molecule has 31 heavy (non-hydrogen) atoms. The lowest BCUT2D eigenvalue weighted by molar-refractivity contribution is 0.100. The molecular weight excluding hydrogens is 402 g/mol. The largest absolute Gasteiger partial charge is 0.365 e. The van der Waals surface area contributed by atoms with Crippen LogP contribution < -0.4 is 21.7 Å². The van der Waals surface area contributed by atoms with Crippen LogP contribution in [-0.4, -0.2) is 35.0 Å². The number of nitrogens with two attached hydrogens (primary N) is 2. The van der Waals surface area contributed by atoms with Crippen molar-refractivity contribution < 1.29 is 13.6 Å². The van der Waals surface area contributed by atoms with Crippen molar-refractivity contribution in [1.29, 1.82) is 0 Å². The van der Waals surface area contributed by atoms with Gasteiger partial charge in [0.15, 0.2) is 0 Å². The molecule has 0 saturated carbocycles. The van der Waals surface area contributed by atoms with Crippen LogP contribution in [0.2, 0.25) is 0 Å². The molecule has 1 amide bonds. The molecule has 1 aliphatic rings. The van der Waals surface area contributed by atoms with Crippen LogP contribution in [0.5, 0.6) is 0 Å². The van der Waals surface area contributed by atoms with E-state index in [4.69, 9.17) is 11.5 Å². The highest BCUT2D eigenvalue weighted by Gasteiger charge is 2.26. The van der Waals surface area contributed by atoms with Crippen LogP contribution in [0.4, 0.5) is 26.2 Å².